The summed E-state index contributed by atoms with van der Waals surface area (Å²) in [5.41, 5.74) is 4.00. The predicted molar refractivity (Wildman–Crippen MR) is 108 cm³/mol. The Hall–Kier alpha value is -2.86. The van der Waals surface area contributed by atoms with E-state index >= 15 is 0 Å². The van der Waals surface area contributed by atoms with Crippen LogP contribution in [-0.4, -0.2) is 29.0 Å². The summed E-state index contributed by atoms with van der Waals surface area (Å²) in [5, 5.41) is 12.1. The number of nitrogens with zero attached hydrogens (tertiary/aromatic N) is 2. The Morgan fingerprint density at radius 2 is 1.81 bits per heavy atom. The molecule has 3 rings (SSSR count). The molecule has 0 radical (unpaired) electrons. The van der Waals surface area contributed by atoms with Crippen molar-refractivity contribution in [2.45, 2.75) is 18.5 Å². The molecule has 2 aromatic carbocycles. The Morgan fingerprint density at radius 1 is 1.04 bits per heavy atom. The molecule has 0 aliphatic carbocycles. The molecule has 6 heteroatoms. The van der Waals surface area contributed by atoms with Gasteiger partial charge in [0.25, 0.3) is 0 Å². The second-order valence-corrected chi connectivity index (χ2v) is 7.00. The van der Waals surface area contributed by atoms with Crippen molar-refractivity contribution >= 4 is 17.7 Å². The lowest BCUT2D eigenvalue weighted by Crippen LogP contribution is -2.24. The summed E-state index contributed by atoms with van der Waals surface area (Å²) >= 11 is 1.36. The fourth-order valence-corrected chi connectivity index (χ4v) is 3.15. The van der Waals surface area contributed by atoms with Gasteiger partial charge in [0.15, 0.2) is 0 Å². The van der Waals surface area contributed by atoms with Crippen LogP contribution in [0.1, 0.15) is 11.1 Å². The maximum absolute atomic E-state index is 12.1. The lowest BCUT2D eigenvalue weighted by molar-refractivity contribution is -0.118. The number of amides is 1. The molecule has 0 aliphatic rings. The lowest BCUT2D eigenvalue weighted by atomic mass is 10.1. The number of ether oxygens (including phenoxy) is 1. The molecule has 1 N–H and O–H groups in total. The summed E-state index contributed by atoms with van der Waals surface area (Å²) in [4.78, 5) is 12.1. The first-order valence-electron chi connectivity index (χ1n) is 8.58. The van der Waals surface area contributed by atoms with E-state index in [-0.39, 0.29) is 11.7 Å². The Labute approximate surface area is 163 Å². The molecular weight excluding hydrogens is 358 g/mol. The van der Waals surface area contributed by atoms with Gasteiger partial charge in [0.2, 0.25) is 5.91 Å². The van der Waals surface area contributed by atoms with E-state index in [1.165, 1.54) is 17.3 Å². The van der Waals surface area contributed by atoms with Crippen molar-refractivity contribution in [2.75, 3.05) is 12.9 Å². The molecule has 1 heterocycles. The molecule has 0 atom stereocenters. The van der Waals surface area contributed by atoms with Crippen LogP contribution < -0.4 is 10.1 Å². The zero-order valence-electron chi connectivity index (χ0n) is 15.3. The zero-order valence-corrected chi connectivity index (χ0v) is 16.1. The minimum atomic E-state index is -0.0599. The third kappa shape index (κ3) is 5.31. The van der Waals surface area contributed by atoms with Crippen LogP contribution in [-0.2, 0) is 11.3 Å². The van der Waals surface area contributed by atoms with E-state index in [1.807, 2.05) is 67.6 Å². The largest absolute Gasteiger partial charge is 0.496 e. The van der Waals surface area contributed by atoms with E-state index in [0.717, 1.165) is 27.6 Å². The maximum Gasteiger partial charge on any atom is 0.230 e. The van der Waals surface area contributed by atoms with Crippen LogP contribution in [0, 0.1) is 6.92 Å². The molecule has 0 aliphatic heterocycles. The van der Waals surface area contributed by atoms with Gasteiger partial charge in [-0.2, -0.15) is 0 Å². The monoisotopic (exact) mass is 379 g/mol. The molecule has 0 bridgehead atoms. The quantitative estimate of drug-likeness (QED) is 0.632. The van der Waals surface area contributed by atoms with Gasteiger partial charge in [0.05, 0.1) is 18.6 Å². The number of aryl methyl sites for hydroxylation is 1. The van der Waals surface area contributed by atoms with Crippen molar-refractivity contribution in [1.29, 1.82) is 0 Å². The minimum absolute atomic E-state index is 0.0599. The van der Waals surface area contributed by atoms with Gasteiger partial charge in [-0.25, -0.2) is 0 Å². The normalized spacial score (nSPS) is 10.4. The van der Waals surface area contributed by atoms with Gasteiger partial charge in [0, 0.05) is 17.7 Å². The number of rotatable bonds is 7. The molecule has 138 valence electrons. The van der Waals surface area contributed by atoms with Crippen LogP contribution in [0.15, 0.2) is 65.7 Å². The van der Waals surface area contributed by atoms with Gasteiger partial charge in [-0.15, -0.1) is 10.2 Å². The highest BCUT2D eigenvalue weighted by molar-refractivity contribution is 7.99. The SMILES string of the molecule is COc1ccccc1CNC(=O)CSc1ccc(-c2ccc(C)cc2)nn1. The molecule has 0 spiro atoms. The second kappa shape index (κ2) is 9.19. The predicted octanol–water partition coefficient (Wildman–Crippen LogP) is 3.87. The second-order valence-electron chi connectivity index (χ2n) is 6.00. The smallest absolute Gasteiger partial charge is 0.230 e. The summed E-state index contributed by atoms with van der Waals surface area (Å²) in [6.45, 7) is 2.48. The first-order valence-corrected chi connectivity index (χ1v) is 9.56. The van der Waals surface area contributed by atoms with E-state index < -0.39 is 0 Å². The number of methoxy groups -OCH3 is 1. The summed E-state index contributed by atoms with van der Waals surface area (Å²) in [6.07, 6.45) is 0. The fourth-order valence-electron chi connectivity index (χ4n) is 2.51. The Kier molecular flexibility index (Phi) is 6.44. The van der Waals surface area contributed by atoms with Gasteiger partial charge < -0.3 is 10.1 Å². The highest BCUT2D eigenvalue weighted by Crippen LogP contribution is 2.20. The number of hydrogen-bond acceptors (Lipinski definition) is 5. The van der Waals surface area contributed by atoms with Crippen molar-refractivity contribution in [2.24, 2.45) is 0 Å². The van der Waals surface area contributed by atoms with Gasteiger partial charge >= 0.3 is 0 Å². The highest BCUT2D eigenvalue weighted by atomic mass is 32.2. The number of benzene rings is 2. The topological polar surface area (TPSA) is 64.1 Å². The van der Waals surface area contributed by atoms with Crippen LogP contribution in [0.4, 0.5) is 0 Å². The van der Waals surface area contributed by atoms with E-state index in [4.69, 9.17) is 4.74 Å². The summed E-state index contributed by atoms with van der Waals surface area (Å²) < 4.78 is 5.29. The van der Waals surface area contributed by atoms with Crippen LogP contribution in [0.2, 0.25) is 0 Å². The molecule has 1 aromatic heterocycles. The number of aromatic nitrogens is 2. The number of nitrogens with one attached hydrogen (secondary N) is 1. The van der Waals surface area contributed by atoms with Crippen LogP contribution >= 0.6 is 11.8 Å². The molecular formula is C21H21N3O2S. The molecule has 5 nitrogen and oxygen atoms in total. The highest BCUT2D eigenvalue weighted by Gasteiger charge is 2.07. The van der Waals surface area contributed by atoms with Crippen molar-refractivity contribution < 1.29 is 9.53 Å². The maximum atomic E-state index is 12.1. The molecule has 0 unspecified atom stereocenters. The van der Waals surface area contributed by atoms with Crippen molar-refractivity contribution in [3.05, 3.63) is 71.8 Å². The van der Waals surface area contributed by atoms with Crippen LogP contribution in [0.5, 0.6) is 5.75 Å². The number of hydrogen-bond donors (Lipinski definition) is 1. The third-order valence-electron chi connectivity index (χ3n) is 4.01. The Balaban J connectivity index is 1.51. The van der Waals surface area contributed by atoms with Crippen LogP contribution in [0.3, 0.4) is 0 Å². The van der Waals surface area contributed by atoms with Gasteiger partial charge in [-0.3, -0.25) is 4.79 Å². The standard InChI is InChI=1S/C21H21N3O2S/c1-15-7-9-16(10-8-15)18-11-12-21(24-23-18)27-14-20(25)22-13-17-5-3-4-6-19(17)26-2/h3-12H,13-14H2,1-2H3,(H,22,25). The fraction of sp³-hybridized carbons (Fsp3) is 0.190. The van der Waals surface area contributed by atoms with Gasteiger partial charge in [0.1, 0.15) is 10.8 Å². The Bertz CT molecular complexity index is 896. The zero-order chi connectivity index (χ0) is 19.1. The number of thioether (sulfide) groups is 1. The average molecular weight is 379 g/mol. The molecule has 3 aromatic rings. The molecule has 27 heavy (non-hydrogen) atoms. The van der Waals surface area contributed by atoms with Crippen molar-refractivity contribution in [1.82, 2.24) is 15.5 Å². The number of para-hydroxylation sites is 1. The van der Waals surface area contributed by atoms with E-state index in [1.54, 1.807) is 7.11 Å². The van der Waals surface area contributed by atoms with Gasteiger partial charge in [-0.05, 0) is 25.1 Å². The van der Waals surface area contributed by atoms with Crippen LogP contribution in [0.25, 0.3) is 11.3 Å². The minimum Gasteiger partial charge on any atom is -0.496 e. The molecule has 0 fully saturated rings. The van der Waals surface area contributed by atoms with Gasteiger partial charge in [-0.1, -0.05) is 59.8 Å². The van der Waals surface area contributed by atoms with E-state index in [2.05, 4.69) is 15.5 Å². The molecule has 0 saturated heterocycles. The summed E-state index contributed by atoms with van der Waals surface area (Å²) in [5.74, 6) is 0.992. The first kappa shape index (κ1) is 18.9. The lowest BCUT2D eigenvalue weighted by Gasteiger charge is -2.09. The molecule has 1 amide bonds. The Morgan fingerprint density at radius 3 is 2.52 bits per heavy atom. The number of carbonyl (C=O) groups excluding carboxylic acids is 1. The number of carbonyl (C=O) groups is 1. The molecule has 0 saturated carbocycles. The average Bonchev–Trinajstić information content (AvgIpc) is 2.72. The van der Waals surface area contributed by atoms with E-state index in [0.29, 0.717) is 6.54 Å². The summed E-state index contributed by atoms with van der Waals surface area (Å²) in [7, 11) is 1.62. The summed E-state index contributed by atoms with van der Waals surface area (Å²) in [6, 6.07) is 19.6. The van der Waals surface area contributed by atoms with E-state index in [9.17, 15) is 4.79 Å². The first-order chi connectivity index (χ1) is 13.2. The van der Waals surface area contributed by atoms with Crippen molar-refractivity contribution in [3.8, 4) is 17.0 Å². The third-order valence-corrected chi connectivity index (χ3v) is 4.93. The van der Waals surface area contributed by atoms with Crippen molar-refractivity contribution in [3.63, 3.8) is 0 Å².